The van der Waals surface area contributed by atoms with E-state index < -0.39 is 0 Å². The maximum absolute atomic E-state index is 11.5. The van der Waals surface area contributed by atoms with Crippen LogP contribution in [0.4, 0.5) is 0 Å². The first-order chi connectivity index (χ1) is 8.59. The van der Waals surface area contributed by atoms with Gasteiger partial charge in [-0.25, -0.2) is 0 Å². The molecule has 1 atom stereocenters. The molecule has 0 aromatic heterocycles. The lowest BCUT2D eigenvalue weighted by Gasteiger charge is -2.21. The van der Waals surface area contributed by atoms with Crippen LogP contribution in [0.2, 0.25) is 0 Å². The SMILES string of the molecule is C[C@@H](CCC(=O)NCCC1CCOCC1)C(N)=O. The van der Waals surface area contributed by atoms with Crippen LogP contribution in [-0.2, 0) is 14.3 Å². The summed E-state index contributed by atoms with van der Waals surface area (Å²) in [5.41, 5.74) is 5.14. The lowest BCUT2D eigenvalue weighted by Crippen LogP contribution is -2.29. The van der Waals surface area contributed by atoms with Crippen LogP contribution in [-0.4, -0.2) is 31.6 Å². The average molecular weight is 256 g/mol. The zero-order chi connectivity index (χ0) is 13.4. The first-order valence-electron chi connectivity index (χ1n) is 6.73. The summed E-state index contributed by atoms with van der Waals surface area (Å²) in [7, 11) is 0. The first-order valence-corrected chi connectivity index (χ1v) is 6.73. The summed E-state index contributed by atoms with van der Waals surface area (Å²) in [5, 5.41) is 2.89. The van der Waals surface area contributed by atoms with Gasteiger partial charge in [0.05, 0.1) is 0 Å². The van der Waals surface area contributed by atoms with Crippen LogP contribution >= 0.6 is 0 Å². The summed E-state index contributed by atoms with van der Waals surface area (Å²) in [6, 6.07) is 0. The summed E-state index contributed by atoms with van der Waals surface area (Å²) in [6.45, 7) is 4.15. The minimum absolute atomic E-state index is 0.00941. The van der Waals surface area contributed by atoms with Crippen molar-refractivity contribution in [2.75, 3.05) is 19.8 Å². The monoisotopic (exact) mass is 256 g/mol. The van der Waals surface area contributed by atoms with Crippen LogP contribution in [0.3, 0.4) is 0 Å². The van der Waals surface area contributed by atoms with Crippen LogP contribution < -0.4 is 11.1 Å². The maximum atomic E-state index is 11.5. The van der Waals surface area contributed by atoms with Crippen molar-refractivity contribution in [3.8, 4) is 0 Å². The highest BCUT2D eigenvalue weighted by atomic mass is 16.5. The van der Waals surface area contributed by atoms with Gasteiger partial charge in [0, 0.05) is 32.1 Å². The molecule has 1 saturated heterocycles. The third-order valence-electron chi connectivity index (χ3n) is 3.51. The fourth-order valence-electron chi connectivity index (χ4n) is 2.03. The van der Waals surface area contributed by atoms with E-state index >= 15 is 0 Å². The quantitative estimate of drug-likeness (QED) is 0.707. The molecule has 1 heterocycles. The van der Waals surface area contributed by atoms with E-state index in [2.05, 4.69) is 5.32 Å². The Kier molecular flexibility index (Phi) is 6.72. The Balaban J connectivity index is 2.04. The molecule has 0 unspecified atom stereocenters. The third kappa shape index (κ3) is 6.00. The third-order valence-corrected chi connectivity index (χ3v) is 3.51. The number of ether oxygens (including phenoxy) is 1. The predicted octanol–water partition coefficient (Wildman–Crippen LogP) is 0.821. The molecule has 3 N–H and O–H groups in total. The van der Waals surface area contributed by atoms with Gasteiger partial charge in [-0.1, -0.05) is 6.92 Å². The normalized spacial score (nSPS) is 18.3. The van der Waals surface area contributed by atoms with Crippen molar-refractivity contribution in [1.29, 1.82) is 0 Å². The number of carbonyl (C=O) groups excluding carboxylic acids is 2. The van der Waals surface area contributed by atoms with Gasteiger partial charge in [-0.05, 0) is 31.6 Å². The molecule has 104 valence electrons. The largest absolute Gasteiger partial charge is 0.381 e. The van der Waals surface area contributed by atoms with Crippen LogP contribution in [0, 0.1) is 11.8 Å². The molecule has 5 nitrogen and oxygen atoms in total. The Labute approximate surface area is 108 Å². The molecule has 2 amide bonds. The molecule has 0 aliphatic carbocycles. The summed E-state index contributed by atoms with van der Waals surface area (Å²) < 4.78 is 5.28. The van der Waals surface area contributed by atoms with E-state index in [0.717, 1.165) is 32.5 Å². The summed E-state index contributed by atoms with van der Waals surface area (Å²) in [6.07, 6.45) is 4.10. The van der Waals surface area contributed by atoms with E-state index in [-0.39, 0.29) is 17.7 Å². The van der Waals surface area contributed by atoms with Gasteiger partial charge in [0.15, 0.2) is 0 Å². The molecule has 1 fully saturated rings. The Bertz CT molecular complexity index is 275. The molecule has 1 aliphatic heterocycles. The molecule has 5 heteroatoms. The predicted molar refractivity (Wildman–Crippen MR) is 68.8 cm³/mol. The van der Waals surface area contributed by atoms with E-state index in [1.165, 1.54) is 0 Å². The Morgan fingerprint density at radius 2 is 2.06 bits per heavy atom. The van der Waals surface area contributed by atoms with Gasteiger partial charge < -0.3 is 15.8 Å². The van der Waals surface area contributed by atoms with Crippen molar-refractivity contribution in [2.24, 2.45) is 17.6 Å². The molecule has 0 spiro atoms. The van der Waals surface area contributed by atoms with Gasteiger partial charge >= 0.3 is 0 Å². The van der Waals surface area contributed by atoms with Crippen LogP contribution in [0.25, 0.3) is 0 Å². The molecule has 1 rings (SSSR count). The maximum Gasteiger partial charge on any atom is 0.220 e. The fraction of sp³-hybridized carbons (Fsp3) is 0.846. The highest BCUT2D eigenvalue weighted by Gasteiger charge is 2.14. The van der Waals surface area contributed by atoms with Gasteiger partial charge in [0.25, 0.3) is 0 Å². The summed E-state index contributed by atoms with van der Waals surface area (Å²) >= 11 is 0. The molecule has 1 aliphatic rings. The molecule has 18 heavy (non-hydrogen) atoms. The van der Waals surface area contributed by atoms with Crippen molar-refractivity contribution < 1.29 is 14.3 Å². The minimum Gasteiger partial charge on any atom is -0.381 e. The second kappa shape index (κ2) is 8.08. The number of carbonyl (C=O) groups is 2. The number of primary amides is 1. The minimum atomic E-state index is -0.343. The Hall–Kier alpha value is -1.10. The van der Waals surface area contributed by atoms with Crippen LogP contribution in [0.1, 0.15) is 39.0 Å². The topological polar surface area (TPSA) is 81.4 Å². The van der Waals surface area contributed by atoms with Gasteiger partial charge in [-0.2, -0.15) is 0 Å². The first kappa shape index (κ1) is 15.0. The van der Waals surface area contributed by atoms with E-state index in [9.17, 15) is 9.59 Å². The van der Waals surface area contributed by atoms with Crippen molar-refractivity contribution in [3.05, 3.63) is 0 Å². The number of nitrogens with one attached hydrogen (secondary N) is 1. The molecule has 0 saturated carbocycles. The number of rotatable bonds is 7. The Morgan fingerprint density at radius 3 is 2.67 bits per heavy atom. The Morgan fingerprint density at radius 1 is 1.39 bits per heavy atom. The van der Waals surface area contributed by atoms with Crippen molar-refractivity contribution in [3.63, 3.8) is 0 Å². The van der Waals surface area contributed by atoms with E-state index in [1.807, 2.05) is 0 Å². The number of amides is 2. The summed E-state index contributed by atoms with van der Waals surface area (Å²) in [5.74, 6) is 0.106. The lowest BCUT2D eigenvalue weighted by atomic mass is 9.96. The van der Waals surface area contributed by atoms with E-state index in [4.69, 9.17) is 10.5 Å². The van der Waals surface area contributed by atoms with Crippen molar-refractivity contribution >= 4 is 11.8 Å². The van der Waals surface area contributed by atoms with Crippen LogP contribution in [0.5, 0.6) is 0 Å². The van der Waals surface area contributed by atoms with Gasteiger partial charge in [0.1, 0.15) is 0 Å². The highest BCUT2D eigenvalue weighted by Crippen LogP contribution is 2.17. The molecule has 0 aromatic carbocycles. The molecular formula is C13H24N2O3. The zero-order valence-electron chi connectivity index (χ0n) is 11.1. The van der Waals surface area contributed by atoms with Crippen molar-refractivity contribution in [2.45, 2.75) is 39.0 Å². The van der Waals surface area contributed by atoms with Crippen LogP contribution in [0.15, 0.2) is 0 Å². The standard InChI is InChI=1S/C13H24N2O3/c1-10(13(14)17)2-3-12(16)15-7-4-11-5-8-18-9-6-11/h10-11H,2-9H2,1H3,(H2,14,17)(H,15,16)/t10-/m0/s1. The van der Waals surface area contributed by atoms with Crippen molar-refractivity contribution in [1.82, 2.24) is 5.32 Å². The van der Waals surface area contributed by atoms with Gasteiger partial charge in [-0.3, -0.25) is 9.59 Å². The smallest absolute Gasteiger partial charge is 0.220 e. The van der Waals surface area contributed by atoms with E-state index in [0.29, 0.717) is 25.3 Å². The zero-order valence-corrected chi connectivity index (χ0v) is 11.1. The highest BCUT2D eigenvalue weighted by molar-refractivity contribution is 5.79. The second-order valence-corrected chi connectivity index (χ2v) is 5.04. The fourth-order valence-corrected chi connectivity index (χ4v) is 2.03. The molecule has 0 aromatic rings. The number of hydrogen-bond donors (Lipinski definition) is 2. The number of hydrogen-bond acceptors (Lipinski definition) is 3. The van der Waals surface area contributed by atoms with Gasteiger partial charge in [0.2, 0.25) is 11.8 Å². The lowest BCUT2D eigenvalue weighted by molar-refractivity contribution is -0.123. The van der Waals surface area contributed by atoms with E-state index in [1.54, 1.807) is 6.92 Å². The molecule has 0 bridgehead atoms. The summed E-state index contributed by atoms with van der Waals surface area (Å²) in [4.78, 5) is 22.3. The number of nitrogens with two attached hydrogens (primary N) is 1. The molecule has 0 radical (unpaired) electrons. The average Bonchev–Trinajstić information content (AvgIpc) is 2.37. The second-order valence-electron chi connectivity index (χ2n) is 5.04. The van der Waals surface area contributed by atoms with Gasteiger partial charge in [-0.15, -0.1) is 0 Å². The molecular weight excluding hydrogens is 232 g/mol.